The number of fused-ring (bicyclic) bond motifs is 1. The Morgan fingerprint density at radius 3 is 3.00 bits per heavy atom. The van der Waals surface area contributed by atoms with E-state index in [0.717, 1.165) is 16.7 Å². The second-order valence-corrected chi connectivity index (χ2v) is 4.17. The molecule has 16 heavy (non-hydrogen) atoms. The standard InChI is InChI=1S/C12H14ClNO2/c1-8(14-4-5-15)12-7-9-6-10(13)2-3-11(9)16-12/h2-3,6-8,14-15H,4-5H2,1H3. The predicted molar refractivity (Wildman–Crippen MR) is 64.7 cm³/mol. The van der Waals surface area contributed by atoms with Gasteiger partial charge in [0, 0.05) is 17.0 Å². The molecule has 2 rings (SSSR count). The Bertz CT molecular complexity index is 481. The molecule has 0 bridgehead atoms. The molecule has 0 amide bonds. The van der Waals surface area contributed by atoms with E-state index in [1.165, 1.54) is 0 Å². The lowest BCUT2D eigenvalue weighted by Crippen LogP contribution is -2.21. The van der Waals surface area contributed by atoms with Gasteiger partial charge in [0.15, 0.2) is 0 Å². The van der Waals surface area contributed by atoms with Gasteiger partial charge in [-0.2, -0.15) is 0 Å². The molecule has 0 fully saturated rings. The van der Waals surface area contributed by atoms with E-state index in [-0.39, 0.29) is 12.6 Å². The lowest BCUT2D eigenvalue weighted by Gasteiger charge is -2.08. The van der Waals surface area contributed by atoms with Crippen LogP contribution in [0.25, 0.3) is 11.0 Å². The van der Waals surface area contributed by atoms with Gasteiger partial charge in [0.25, 0.3) is 0 Å². The zero-order valence-corrected chi connectivity index (χ0v) is 9.79. The molecule has 0 aliphatic heterocycles. The van der Waals surface area contributed by atoms with Gasteiger partial charge in [-0.1, -0.05) is 11.6 Å². The molecule has 0 saturated heterocycles. The summed E-state index contributed by atoms with van der Waals surface area (Å²) in [5.74, 6) is 0.853. The van der Waals surface area contributed by atoms with E-state index in [9.17, 15) is 0 Å². The largest absolute Gasteiger partial charge is 0.459 e. The van der Waals surface area contributed by atoms with Crippen molar-refractivity contribution in [1.29, 1.82) is 0 Å². The maximum atomic E-state index is 8.73. The third-order valence-electron chi connectivity index (χ3n) is 2.49. The van der Waals surface area contributed by atoms with E-state index in [1.54, 1.807) is 0 Å². The fourth-order valence-corrected chi connectivity index (χ4v) is 1.81. The van der Waals surface area contributed by atoms with Crippen molar-refractivity contribution >= 4 is 22.6 Å². The average molecular weight is 240 g/mol. The van der Waals surface area contributed by atoms with Crippen molar-refractivity contribution in [2.24, 2.45) is 0 Å². The van der Waals surface area contributed by atoms with Gasteiger partial charge in [0.2, 0.25) is 0 Å². The van der Waals surface area contributed by atoms with Crippen molar-refractivity contribution in [3.8, 4) is 0 Å². The summed E-state index contributed by atoms with van der Waals surface area (Å²) in [6.45, 7) is 2.67. The van der Waals surface area contributed by atoms with Crippen molar-refractivity contribution in [2.75, 3.05) is 13.2 Å². The van der Waals surface area contributed by atoms with Crippen LogP contribution < -0.4 is 5.32 Å². The molecule has 1 atom stereocenters. The minimum absolute atomic E-state index is 0.0818. The molecule has 1 aromatic carbocycles. The van der Waals surface area contributed by atoms with E-state index >= 15 is 0 Å². The summed E-state index contributed by atoms with van der Waals surface area (Å²) in [7, 11) is 0. The molecule has 3 nitrogen and oxygen atoms in total. The van der Waals surface area contributed by atoms with Crippen LogP contribution in [0.15, 0.2) is 28.7 Å². The Labute approximate surface area is 99.0 Å². The third kappa shape index (κ3) is 2.38. The third-order valence-corrected chi connectivity index (χ3v) is 2.72. The predicted octanol–water partition coefficient (Wildman–Crippen LogP) is 2.73. The molecule has 1 aromatic heterocycles. The Balaban J connectivity index is 2.25. The molecular formula is C12H14ClNO2. The van der Waals surface area contributed by atoms with Crippen LogP contribution in [0.3, 0.4) is 0 Å². The number of nitrogens with one attached hydrogen (secondary N) is 1. The normalized spacial score (nSPS) is 13.2. The lowest BCUT2D eigenvalue weighted by atomic mass is 10.2. The molecule has 0 radical (unpaired) electrons. The summed E-state index contributed by atoms with van der Waals surface area (Å²) in [6.07, 6.45) is 0. The molecule has 0 saturated carbocycles. The van der Waals surface area contributed by atoms with E-state index in [0.29, 0.717) is 11.6 Å². The van der Waals surface area contributed by atoms with Gasteiger partial charge in [-0.05, 0) is 31.2 Å². The van der Waals surface area contributed by atoms with E-state index in [2.05, 4.69) is 5.32 Å². The summed E-state index contributed by atoms with van der Waals surface area (Å²) < 4.78 is 5.68. The molecule has 86 valence electrons. The van der Waals surface area contributed by atoms with Gasteiger partial charge in [-0.25, -0.2) is 0 Å². The monoisotopic (exact) mass is 239 g/mol. The number of aliphatic hydroxyl groups is 1. The summed E-state index contributed by atoms with van der Waals surface area (Å²) in [6, 6.07) is 7.60. The summed E-state index contributed by atoms with van der Waals surface area (Å²) >= 11 is 5.90. The molecule has 2 N–H and O–H groups in total. The SMILES string of the molecule is CC(NCCO)c1cc2cc(Cl)ccc2o1. The smallest absolute Gasteiger partial charge is 0.134 e. The molecule has 0 aliphatic carbocycles. The molecule has 0 spiro atoms. The average Bonchev–Trinajstić information content (AvgIpc) is 2.68. The van der Waals surface area contributed by atoms with Crippen LogP contribution in [0.2, 0.25) is 5.02 Å². The van der Waals surface area contributed by atoms with Gasteiger partial charge in [-0.15, -0.1) is 0 Å². The minimum atomic E-state index is 0.0818. The fraction of sp³-hybridized carbons (Fsp3) is 0.333. The first-order valence-corrected chi connectivity index (χ1v) is 5.62. The van der Waals surface area contributed by atoms with Gasteiger partial charge in [0.05, 0.1) is 12.6 Å². The van der Waals surface area contributed by atoms with E-state index in [4.69, 9.17) is 21.1 Å². The molecular weight excluding hydrogens is 226 g/mol. The topological polar surface area (TPSA) is 45.4 Å². The van der Waals surface area contributed by atoms with Crippen LogP contribution in [0.5, 0.6) is 0 Å². The zero-order valence-electron chi connectivity index (χ0n) is 9.03. The van der Waals surface area contributed by atoms with Crippen molar-refractivity contribution in [3.63, 3.8) is 0 Å². The number of halogens is 1. The van der Waals surface area contributed by atoms with Gasteiger partial charge in [0.1, 0.15) is 11.3 Å². The maximum absolute atomic E-state index is 8.73. The van der Waals surface area contributed by atoms with Crippen molar-refractivity contribution in [2.45, 2.75) is 13.0 Å². The van der Waals surface area contributed by atoms with Gasteiger partial charge < -0.3 is 14.8 Å². The number of rotatable bonds is 4. The number of benzene rings is 1. The Morgan fingerprint density at radius 1 is 1.44 bits per heavy atom. The van der Waals surface area contributed by atoms with Crippen LogP contribution in [0, 0.1) is 0 Å². The first-order chi connectivity index (χ1) is 7.70. The fourth-order valence-electron chi connectivity index (χ4n) is 1.63. The first kappa shape index (κ1) is 11.5. The van der Waals surface area contributed by atoms with Gasteiger partial charge >= 0.3 is 0 Å². The number of furan rings is 1. The Hall–Kier alpha value is -1.03. The van der Waals surface area contributed by atoms with E-state index in [1.807, 2.05) is 31.2 Å². The highest BCUT2D eigenvalue weighted by Gasteiger charge is 2.10. The van der Waals surface area contributed by atoms with E-state index < -0.39 is 0 Å². The Morgan fingerprint density at radius 2 is 2.25 bits per heavy atom. The molecule has 0 aliphatic rings. The van der Waals surface area contributed by atoms with Crippen LogP contribution in [-0.2, 0) is 0 Å². The molecule has 4 heteroatoms. The highest BCUT2D eigenvalue weighted by Crippen LogP contribution is 2.26. The first-order valence-electron chi connectivity index (χ1n) is 5.24. The number of hydrogen-bond donors (Lipinski definition) is 2. The number of hydrogen-bond acceptors (Lipinski definition) is 3. The zero-order chi connectivity index (χ0) is 11.5. The van der Waals surface area contributed by atoms with Gasteiger partial charge in [-0.3, -0.25) is 0 Å². The van der Waals surface area contributed by atoms with Crippen molar-refractivity contribution < 1.29 is 9.52 Å². The molecule has 1 unspecified atom stereocenters. The Kier molecular flexibility index (Phi) is 3.49. The maximum Gasteiger partial charge on any atom is 0.134 e. The molecule has 2 aromatic rings. The van der Waals surface area contributed by atoms with Crippen LogP contribution >= 0.6 is 11.6 Å². The number of aliphatic hydroxyl groups excluding tert-OH is 1. The van der Waals surface area contributed by atoms with Crippen LogP contribution in [0.4, 0.5) is 0 Å². The van der Waals surface area contributed by atoms with Crippen molar-refractivity contribution in [3.05, 3.63) is 35.0 Å². The van der Waals surface area contributed by atoms with Crippen LogP contribution in [0.1, 0.15) is 18.7 Å². The highest BCUT2D eigenvalue weighted by molar-refractivity contribution is 6.31. The quantitative estimate of drug-likeness (QED) is 0.863. The summed E-state index contributed by atoms with van der Waals surface area (Å²) in [4.78, 5) is 0. The lowest BCUT2D eigenvalue weighted by molar-refractivity contribution is 0.282. The second kappa shape index (κ2) is 4.87. The second-order valence-electron chi connectivity index (χ2n) is 3.73. The van der Waals surface area contributed by atoms with Crippen LogP contribution in [-0.4, -0.2) is 18.3 Å². The summed E-state index contributed by atoms with van der Waals surface area (Å²) in [5.41, 5.74) is 0.831. The highest BCUT2D eigenvalue weighted by atomic mass is 35.5. The molecule has 1 heterocycles. The van der Waals surface area contributed by atoms with Crippen molar-refractivity contribution in [1.82, 2.24) is 5.32 Å². The summed E-state index contributed by atoms with van der Waals surface area (Å²) in [5, 5.41) is 13.6. The minimum Gasteiger partial charge on any atom is -0.459 e.